The van der Waals surface area contributed by atoms with Crippen molar-refractivity contribution in [1.82, 2.24) is 14.7 Å². The van der Waals surface area contributed by atoms with E-state index in [0.717, 1.165) is 0 Å². The Hall–Kier alpha value is -3.78. The van der Waals surface area contributed by atoms with Gasteiger partial charge in [-0.2, -0.15) is 0 Å². The Labute approximate surface area is 282 Å². The Morgan fingerprint density at radius 1 is 0.521 bits per heavy atom. The van der Waals surface area contributed by atoms with Crippen molar-refractivity contribution in [3.63, 3.8) is 0 Å². The summed E-state index contributed by atoms with van der Waals surface area (Å²) in [5.74, 6) is -2.23. The van der Waals surface area contributed by atoms with E-state index in [1.807, 2.05) is 0 Å². The van der Waals surface area contributed by atoms with E-state index in [4.69, 9.17) is 28.4 Å². The Bertz CT molecular complexity index is 1140. The van der Waals surface area contributed by atoms with E-state index in [0.29, 0.717) is 51.6 Å². The first-order valence-electron chi connectivity index (χ1n) is 16.7. The lowest BCUT2D eigenvalue weighted by atomic mass is 10.2. The second-order valence-corrected chi connectivity index (χ2v) is 15.3. The topological polar surface area (TPSA) is 168 Å². The van der Waals surface area contributed by atoms with Crippen molar-refractivity contribution in [3.8, 4) is 0 Å². The molecular formula is C33H53N3O12. The zero-order valence-corrected chi connectivity index (χ0v) is 29.8. The monoisotopic (exact) mass is 683 g/mol. The van der Waals surface area contributed by atoms with Crippen LogP contribution in [0.5, 0.6) is 0 Å². The van der Waals surface area contributed by atoms with Gasteiger partial charge in [-0.1, -0.05) is 0 Å². The average Bonchev–Trinajstić information content (AvgIpc) is 3.72. The summed E-state index contributed by atoms with van der Waals surface area (Å²) in [4.78, 5) is 81.9. The summed E-state index contributed by atoms with van der Waals surface area (Å²) in [6, 6.07) is -2.77. The molecular weight excluding hydrogens is 630 g/mol. The molecule has 0 N–H and O–H groups in total. The molecule has 0 bridgehead atoms. The van der Waals surface area contributed by atoms with Gasteiger partial charge in [0.15, 0.2) is 6.10 Å². The second kappa shape index (κ2) is 15.6. The van der Waals surface area contributed by atoms with Crippen LogP contribution in [-0.2, 0) is 42.8 Å². The molecule has 3 amide bonds. The number of amides is 3. The minimum Gasteiger partial charge on any atom is -0.460 e. The molecule has 0 aromatic carbocycles. The van der Waals surface area contributed by atoms with E-state index in [1.54, 1.807) is 62.3 Å². The number of carbonyl (C=O) groups excluding carboxylic acids is 6. The second-order valence-electron chi connectivity index (χ2n) is 15.3. The molecule has 2 unspecified atom stereocenters. The van der Waals surface area contributed by atoms with Crippen LogP contribution in [0.1, 0.15) is 101 Å². The van der Waals surface area contributed by atoms with E-state index in [2.05, 4.69) is 0 Å². The molecule has 4 atom stereocenters. The maximum atomic E-state index is 13.4. The summed E-state index contributed by atoms with van der Waals surface area (Å²) in [6.07, 6.45) is -0.509. The molecule has 15 nitrogen and oxygen atoms in total. The molecule has 3 aliphatic heterocycles. The molecule has 272 valence electrons. The van der Waals surface area contributed by atoms with Gasteiger partial charge in [0.1, 0.15) is 48.1 Å². The fraction of sp³-hybridized carbons (Fsp3) is 0.818. The number of carbonyl (C=O) groups is 6. The first-order chi connectivity index (χ1) is 22.1. The Balaban J connectivity index is 1.71. The number of ether oxygens (including phenoxy) is 6. The fourth-order valence-electron chi connectivity index (χ4n) is 5.55. The van der Waals surface area contributed by atoms with Gasteiger partial charge in [-0.3, -0.25) is 14.7 Å². The SMILES string of the molecule is CC(C)(C)OC(=O)N1CCCC1C(=O)OCC(COC(=O)[C@@H]1CCCN1C(=O)OC(C)(C)C)OC(=O)[C@@H]1CCCN1C(=O)OC(C)(C)C. The van der Waals surface area contributed by atoms with Crippen molar-refractivity contribution in [1.29, 1.82) is 0 Å². The Kier molecular flexibility index (Phi) is 12.6. The minimum atomic E-state index is -1.25. The number of likely N-dealkylation sites (tertiary alicyclic amines) is 3. The highest BCUT2D eigenvalue weighted by molar-refractivity contribution is 5.84. The summed E-state index contributed by atoms with van der Waals surface area (Å²) < 4.78 is 33.1. The molecule has 0 aliphatic carbocycles. The van der Waals surface area contributed by atoms with Gasteiger partial charge in [0.2, 0.25) is 0 Å². The average molecular weight is 684 g/mol. The van der Waals surface area contributed by atoms with Crippen molar-refractivity contribution < 1.29 is 57.2 Å². The van der Waals surface area contributed by atoms with Crippen LogP contribution in [0.3, 0.4) is 0 Å². The van der Waals surface area contributed by atoms with Crippen LogP contribution >= 0.6 is 0 Å². The zero-order chi connectivity index (χ0) is 36.0. The predicted molar refractivity (Wildman–Crippen MR) is 170 cm³/mol. The summed E-state index contributed by atoms with van der Waals surface area (Å²) in [7, 11) is 0. The number of hydrogen-bond acceptors (Lipinski definition) is 12. The highest BCUT2D eigenvalue weighted by Crippen LogP contribution is 2.25. The number of esters is 3. The van der Waals surface area contributed by atoms with Crippen LogP contribution in [0.25, 0.3) is 0 Å². The van der Waals surface area contributed by atoms with Gasteiger partial charge >= 0.3 is 36.2 Å². The van der Waals surface area contributed by atoms with Gasteiger partial charge in [-0.05, 0) is 101 Å². The Morgan fingerprint density at radius 3 is 1.10 bits per heavy atom. The molecule has 48 heavy (non-hydrogen) atoms. The molecule has 3 rings (SSSR count). The molecule has 3 saturated heterocycles. The van der Waals surface area contributed by atoms with Gasteiger partial charge in [0.05, 0.1) is 0 Å². The van der Waals surface area contributed by atoms with Crippen molar-refractivity contribution in [2.24, 2.45) is 0 Å². The van der Waals surface area contributed by atoms with Crippen LogP contribution in [0, 0.1) is 0 Å². The third kappa shape index (κ3) is 11.4. The van der Waals surface area contributed by atoms with E-state index in [9.17, 15) is 28.8 Å². The van der Waals surface area contributed by atoms with Crippen molar-refractivity contribution in [2.45, 2.75) is 142 Å². The molecule has 0 spiro atoms. The zero-order valence-electron chi connectivity index (χ0n) is 29.8. The molecule has 0 radical (unpaired) electrons. The largest absolute Gasteiger partial charge is 0.460 e. The lowest BCUT2D eigenvalue weighted by Crippen LogP contribution is -2.47. The minimum absolute atomic E-state index is 0.285. The maximum Gasteiger partial charge on any atom is 0.411 e. The summed E-state index contributed by atoms with van der Waals surface area (Å²) in [5, 5.41) is 0. The molecule has 0 aromatic heterocycles. The highest BCUT2D eigenvalue weighted by atomic mass is 16.6. The number of rotatable bonds is 8. The van der Waals surface area contributed by atoms with E-state index >= 15 is 0 Å². The van der Waals surface area contributed by atoms with Gasteiger partial charge in [-0.15, -0.1) is 0 Å². The maximum absolute atomic E-state index is 13.4. The van der Waals surface area contributed by atoms with Crippen LogP contribution in [0.2, 0.25) is 0 Å². The van der Waals surface area contributed by atoms with Crippen LogP contribution in [0.15, 0.2) is 0 Å². The summed E-state index contributed by atoms with van der Waals surface area (Å²) in [5.41, 5.74) is -2.30. The quantitative estimate of drug-likeness (QED) is 0.265. The fourth-order valence-corrected chi connectivity index (χ4v) is 5.55. The number of hydrogen-bond donors (Lipinski definition) is 0. The van der Waals surface area contributed by atoms with Gasteiger partial charge in [-0.25, -0.2) is 28.8 Å². The van der Waals surface area contributed by atoms with Crippen LogP contribution in [-0.4, -0.2) is 125 Å². The summed E-state index contributed by atoms with van der Waals surface area (Å²) >= 11 is 0. The van der Waals surface area contributed by atoms with Gasteiger partial charge in [0, 0.05) is 19.6 Å². The van der Waals surface area contributed by atoms with E-state index < -0.39 is 90.4 Å². The van der Waals surface area contributed by atoms with Crippen molar-refractivity contribution in [3.05, 3.63) is 0 Å². The lowest BCUT2D eigenvalue weighted by Gasteiger charge is -2.30. The van der Waals surface area contributed by atoms with E-state index in [-0.39, 0.29) is 6.54 Å². The molecule has 0 saturated carbocycles. The highest BCUT2D eigenvalue weighted by Gasteiger charge is 2.42. The van der Waals surface area contributed by atoms with E-state index in [1.165, 1.54) is 14.7 Å². The predicted octanol–water partition coefficient (Wildman–Crippen LogP) is 4.18. The van der Waals surface area contributed by atoms with Crippen molar-refractivity contribution in [2.75, 3.05) is 32.8 Å². The first kappa shape index (κ1) is 38.7. The molecule has 3 fully saturated rings. The normalized spacial score (nSPS) is 22.2. The number of nitrogens with zero attached hydrogens (tertiary/aromatic N) is 3. The third-order valence-electron chi connectivity index (χ3n) is 7.56. The molecule has 3 heterocycles. The molecule has 3 aliphatic rings. The van der Waals surface area contributed by atoms with Gasteiger partial charge in [0.25, 0.3) is 0 Å². The van der Waals surface area contributed by atoms with Gasteiger partial charge < -0.3 is 28.4 Å². The van der Waals surface area contributed by atoms with Crippen LogP contribution < -0.4 is 0 Å². The molecule has 15 heteroatoms. The lowest BCUT2D eigenvalue weighted by molar-refractivity contribution is -0.172. The Morgan fingerprint density at radius 2 is 0.812 bits per heavy atom. The standard InChI is InChI=1S/C33H53N3O12/c1-31(2,3)46-28(40)34-16-10-13-22(34)25(37)43-19-21(45-27(39)24-15-12-18-36(24)30(42)48-33(7,8)9)20-44-26(38)23-14-11-17-35(23)29(41)47-32(4,5)6/h21-24H,10-20H2,1-9H3/t21?,22-,23?,24-/m0/s1. The van der Waals surface area contributed by atoms with Crippen molar-refractivity contribution >= 4 is 36.2 Å². The third-order valence-corrected chi connectivity index (χ3v) is 7.56. The first-order valence-corrected chi connectivity index (χ1v) is 16.7. The molecule has 0 aromatic rings. The summed E-state index contributed by atoms with van der Waals surface area (Å²) in [6.45, 7) is 15.4. The van der Waals surface area contributed by atoms with Crippen LogP contribution in [0.4, 0.5) is 14.4 Å². The smallest absolute Gasteiger partial charge is 0.411 e.